The summed E-state index contributed by atoms with van der Waals surface area (Å²) in [5.41, 5.74) is 0. The van der Waals surface area contributed by atoms with Crippen LogP contribution in [0.15, 0.2) is 0 Å². The summed E-state index contributed by atoms with van der Waals surface area (Å²) in [4.78, 5) is 20.8. The van der Waals surface area contributed by atoms with Crippen LogP contribution >= 0.6 is 0 Å². The third kappa shape index (κ3) is 3.65. The van der Waals surface area contributed by atoms with Gasteiger partial charge >= 0.3 is 11.9 Å². The molecule has 0 radical (unpaired) electrons. The van der Waals surface area contributed by atoms with Crippen molar-refractivity contribution in [2.45, 2.75) is 18.9 Å². The quantitative estimate of drug-likeness (QED) is 0.568. The molecule has 0 aromatic carbocycles. The highest BCUT2D eigenvalue weighted by Crippen LogP contribution is 2.11. The standard InChI is InChI=1S/C7H12F2N2O3/c1-4(5(12)10-2)11-3-7(8,9)6(13)14/h4,11H,3H2,1-2H3,(H,10,12)(H,13,14). The fraction of sp³-hybridized carbons (Fsp3) is 0.714. The van der Waals surface area contributed by atoms with E-state index in [2.05, 4.69) is 10.6 Å². The average molecular weight is 210 g/mol. The van der Waals surface area contributed by atoms with Gasteiger partial charge < -0.3 is 10.4 Å². The van der Waals surface area contributed by atoms with E-state index < -0.39 is 30.4 Å². The lowest BCUT2D eigenvalue weighted by molar-refractivity contribution is -0.164. The van der Waals surface area contributed by atoms with Gasteiger partial charge in [-0.15, -0.1) is 0 Å². The first-order chi connectivity index (χ1) is 6.31. The highest BCUT2D eigenvalue weighted by molar-refractivity contribution is 5.81. The van der Waals surface area contributed by atoms with Crippen LogP contribution in [-0.4, -0.2) is 42.5 Å². The first kappa shape index (κ1) is 12.8. The lowest BCUT2D eigenvalue weighted by Crippen LogP contribution is -2.48. The number of amides is 1. The Balaban J connectivity index is 4.06. The fourth-order valence-corrected chi connectivity index (χ4v) is 0.666. The number of nitrogens with one attached hydrogen (secondary N) is 2. The van der Waals surface area contributed by atoms with Gasteiger partial charge in [-0.3, -0.25) is 10.1 Å². The summed E-state index contributed by atoms with van der Waals surface area (Å²) in [7, 11) is 1.36. The summed E-state index contributed by atoms with van der Waals surface area (Å²) in [6.45, 7) is 0.285. The number of halogens is 2. The van der Waals surface area contributed by atoms with E-state index in [9.17, 15) is 18.4 Å². The normalized spacial score (nSPS) is 13.4. The van der Waals surface area contributed by atoms with Crippen molar-refractivity contribution in [3.8, 4) is 0 Å². The molecule has 5 nitrogen and oxygen atoms in total. The first-order valence-electron chi connectivity index (χ1n) is 3.87. The first-order valence-corrected chi connectivity index (χ1v) is 3.87. The molecule has 0 saturated heterocycles. The van der Waals surface area contributed by atoms with Crippen molar-refractivity contribution in [2.24, 2.45) is 0 Å². The summed E-state index contributed by atoms with van der Waals surface area (Å²) in [5.74, 6) is -6.55. The Labute approximate surface area is 79.5 Å². The summed E-state index contributed by atoms with van der Waals surface area (Å²) >= 11 is 0. The number of rotatable bonds is 5. The molecule has 0 aromatic rings. The van der Waals surface area contributed by atoms with Gasteiger partial charge in [0.05, 0.1) is 12.6 Å². The van der Waals surface area contributed by atoms with Crippen LogP contribution in [0.1, 0.15) is 6.92 Å². The van der Waals surface area contributed by atoms with Crippen LogP contribution in [0, 0.1) is 0 Å². The van der Waals surface area contributed by atoms with Gasteiger partial charge in [-0.05, 0) is 6.92 Å². The van der Waals surface area contributed by atoms with E-state index in [-0.39, 0.29) is 0 Å². The van der Waals surface area contributed by atoms with Crippen molar-refractivity contribution in [1.29, 1.82) is 0 Å². The van der Waals surface area contributed by atoms with Gasteiger partial charge in [0, 0.05) is 7.05 Å². The van der Waals surface area contributed by atoms with Crippen LogP contribution in [0.4, 0.5) is 8.78 Å². The summed E-state index contributed by atoms with van der Waals surface area (Å²) in [6.07, 6.45) is 0. The van der Waals surface area contributed by atoms with E-state index in [1.807, 2.05) is 0 Å². The Hall–Kier alpha value is -1.24. The van der Waals surface area contributed by atoms with Gasteiger partial charge in [0.15, 0.2) is 0 Å². The third-order valence-electron chi connectivity index (χ3n) is 1.58. The molecule has 0 bridgehead atoms. The molecular weight excluding hydrogens is 198 g/mol. The SMILES string of the molecule is CNC(=O)C(C)NCC(F)(F)C(=O)O. The third-order valence-corrected chi connectivity index (χ3v) is 1.58. The second kappa shape index (κ2) is 4.85. The Morgan fingerprint density at radius 1 is 1.50 bits per heavy atom. The van der Waals surface area contributed by atoms with Crippen molar-refractivity contribution >= 4 is 11.9 Å². The monoisotopic (exact) mass is 210 g/mol. The number of alkyl halides is 2. The number of likely N-dealkylation sites (N-methyl/N-ethyl adjacent to an activating group) is 1. The van der Waals surface area contributed by atoms with E-state index in [0.717, 1.165) is 0 Å². The van der Waals surface area contributed by atoms with Crippen LogP contribution in [0.25, 0.3) is 0 Å². The van der Waals surface area contributed by atoms with E-state index in [1.54, 1.807) is 0 Å². The van der Waals surface area contributed by atoms with Crippen molar-refractivity contribution in [2.75, 3.05) is 13.6 Å². The van der Waals surface area contributed by atoms with Crippen molar-refractivity contribution < 1.29 is 23.5 Å². The fourth-order valence-electron chi connectivity index (χ4n) is 0.666. The maximum absolute atomic E-state index is 12.5. The minimum Gasteiger partial charge on any atom is -0.477 e. The molecule has 7 heteroatoms. The van der Waals surface area contributed by atoms with E-state index in [1.165, 1.54) is 14.0 Å². The summed E-state index contributed by atoms with van der Waals surface area (Å²) in [6, 6.07) is -0.856. The van der Waals surface area contributed by atoms with Crippen LogP contribution in [0.3, 0.4) is 0 Å². The number of hydrogen-bond acceptors (Lipinski definition) is 3. The van der Waals surface area contributed by atoms with E-state index >= 15 is 0 Å². The molecule has 0 saturated carbocycles. The average Bonchev–Trinajstić information content (AvgIpc) is 2.12. The predicted octanol–water partition coefficient (Wildman–Crippen LogP) is -0.570. The molecule has 0 aliphatic rings. The lowest BCUT2D eigenvalue weighted by Gasteiger charge is -2.16. The molecule has 1 amide bonds. The number of carbonyl (C=O) groups excluding carboxylic acids is 1. The topological polar surface area (TPSA) is 78.4 Å². The van der Waals surface area contributed by atoms with Gasteiger partial charge in [0.25, 0.3) is 0 Å². The van der Waals surface area contributed by atoms with Crippen LogP contribution in [0.2, 0.25) is 0 Å². The molecule has 14 heavy (non-hydrogen) atoms. The molecule has 1 atom stereocenters. The molecule has 0 spiro atoms. The maximum atomic E-state index is 12.5. The largest absolute Gasteiger partial charge is 0.477 e. The van der Waals surface area contributed by atoms with Crippen molar-refractivity contribution in [3.05, 3.63) is 0 Å². The van der Waals surface area contributed by atoms with Crippen LogP contribution in [0.5, 0.6) is 0 Å². The minimum atomic E-state index is -3.86. The van der Waals surface area contributed by atoms with Gasteiger partial charge in [0.2, 0.25) is 5.91 Å². The second-order valence-corrected chi connectivity index (χ2v) is 2.73. The Morgan fingerprint density at radius 2 is 2.00 bits per heavy atom. The Morgan fingerprint density at radius 3 is 2.36 bits per heavy atom. The zero-order valence-corrected chi connectivity index (χ0v) is 7.80. The molecule has 0 fully saturated rings. The van der Waals surface area contributed by atoms with Gasteiger partial charge in [-0.25, -0.2) is 4.79 Å². The molecule has 0 aliphatic heterocycles. The molecule has 0 aliphatic carbocycles. The summed E-state index contributed by atoms with van der Waals surface area (Å²) < 4.78 is 25.0. The smallest absolute Gasteiger partial charge is 0.375 e. The summed E-state index contributed by atoms with van der Waals surface area (Å²) in [5, 5.41) is 12.4. The molecule has 0 heterocycles. The Kier molecular flexibility index (Phi) is 4.42. The lowest BCUT2D eigenvalue weighted by atomic mass is 10.2. The molecule has 82 valence electrons. The number of carboxylic acid groups (broad SMARTS) is 1. The predicted molar refractivity (Wildman–Crippen MR) is 44.1 cm³/mol. The zero-order chi connectivity index (χ0) is 11.4. The zero-order valence-electron chi connectivity index (χ0n) is 7.80. The highest BCUT2D eigenvalue weighted by atomic mass is 19.3. The molecule has 0 rings (SSSR count). The molecule has 3 N–H and O–H groups in total. The van der Waals surface area contributed by atoms with Gasteiger partial charge in [0.1, 0.15) is 0 Å². The van der Waals surface area contributed by atoms with E-state index in [0.29, 0.717) is 0 Å². The van der Waals surface area contributed by atoms with Crippen LogP contribution < -0.4 is 10.6 Å². The second-order valence-electron chi connectivity index (χ2n) is 2.73. The van der Waals surface area contributed by atoms with Gasteiger partial charge in [-0.2, -0.15) is 8.78 Å². The Bertz CT molecular complexity index is 233. The number of carboxylic acids is 1. The number of carbonyl (C=O) groups is 2. The van der Waals surface area contributed by atoms with Gasteiger partial charge in [-0.1, -0.05) is 0 Å². The van der Waals surface area contributed by atoms with E-state index in [4.69, 9.17) is 5.11 Å². The minimum absolute atomic E-state index is 0.480. The molecule has 1 unspecified atom stereocenters. The number of hydrogen-bond donors (Lipinski definition) is 3. The van der Waals surface area contributed by atoms with Crippen molar-refractivity contribution in [1.82, 2.24) is 10.6 Å². The van der Waals surface area contributed by atoms with Crippen LogP contribution in [-0.2, 0) is 9.59 Å². The number of aliphatic carboxylic acids is 1. The molecular formula is C7H12F2N2O3. The van der Waals surface area contributed by atoms with Crippen molar-refractivity contribution in [3.63, 3.8) is 0 Å². The maximum Gasteiger partial charge on any atom is 0.375 e. The molecule has 0 aromatic heterocycles. The highest BCUT2D eigenvalue weighted by Gasteiger charge is 2.38.